The molecule has 0 N–H and O–H groups in total. The summed E-state index contributed by atoms with van der Waals surface area (Å²) in [5.41, 5.74) is 0. The maximum absolute atomic E-state index is 5.70. The van der Waals surface area contributed by atoms with Gasteiger partial charge in [-0.25, -0.2) is 0 Å². The molecule has 0 unspecified atom stereocenters. The molecule has 16 heavy (non-hydrogen) atoms. The molecule has 0 aromatic carbocycles. The Morgan fingerprint density at radius 1 is 0.812 bits per heavy atom. The Hall–Kier alpha value is 0.604. The molecular formula is C14H29BSn. The van der Waals surface area contributed by atoms with E-state index < -0.39 is 18.4 Å². The molecule has 0 aromatic rings. The van der Waals surface area contributed by atoms with E-state index in [1.54, 1.807) is 0 Å². The SMILES string of the molecule is [B]/C=[CH]/[Sn]([CH2]CCC)([CH2]CCC)[CH2]CCC. The fraction of sp³-hybridized carbons (Fsp3) is 0.857. The van der Waals surface area contributed by atoms with Crippen molar-refractivity contribution in [3.05, 3.63) is 10.1 Å². The molecular weight excluding hydrogens is 298 g/mol. The molecule has 0 fully saturated rings. The van der Waals surface area contributed by atoms with Gasteiger partial charge in [-0.15, -0.1) is 0 Å². The molecule has 0 saturated carbocycles. The Balaban J connectivity index is 4.45. The van der Waals surface area contributed by atoms with Gasteiger partial charge in [0.25, 0.3) is 0 Å². The zero-order valence-electron chi connectivity index (χ0n) is 11.6. The van der Waals surface area contributed by atoms with Crippen molar-refractivity contribution in [2.45, 2.75) is 72.6 Å². The quantitative estimate of drug-likeness (QED) is 0.492. The number of unbranched alkanes of at least 4 members (excludes halogenated alkanes) is 3. The number of hydrogen-bond donors (Lipinski definition) is 0. The van der Waals surface area contributed by atoms with Gasteiger partial charge in [-0.2, -0.15) is 0 Å². The van der Waals surface area contributed by atoms with E-state index in [0.29, 0.717) is 0 Å². The normalized spacial score (nSPS) is 12.4. The van der Waals surface area contributed by atoms with Crippen molar-refractivity contribution in [1.29, 1.82) is 0 Å². The molecule has 0 rings (SSSR count). The number of hydrogen-bond acceptors (Lipinski definition) is 0. The monoisotopic (exact) mass is 328 g/mol. The summed E-state index contributed by atoms with van der Waals surface area (Å²) in [7, 11) is 5.70. The van der Waals surface area contributed by atoms with E-state index in [2.05, 4.69) is 24.9 Å². The fourth-order valence-corrected chi connectivity index (χ4v) is 16.2. The van der Waals surface area contributed by atoms with E-state index in [1.807, 2.05) is 5.98 Å². The minimum atomic E-state index is -1.96. The summed E-state index contributed by atoms with van der Waals surface area (Å²) in [4.78, 5) is 0. The van der Waals surface area contributed by atoms with Crippen LogP contribution in [0.5, 0.6) is 0 Å². The summed E-state index contributed by atoms with van der Waals surface area (Å²) in [6.45, 7) is 6.92. The van der Waals surface area contributed by atoms with E-state index >= 15 is 0 Å². The predicted molar refractivity (Wildman–Crippen MR) is 79.8 cm³/mol. The third-order valence-corrected chi connectivity index (χ3v) is 17.7. The molecule has 92 valence electrons. The van der Waals surface area contributed by atoms with E-state index in [0.717, 1.165) is 0 Å². The Morgan fingerprint density at radius 2 is 1.19 bits per heavy atom. The molecule has 0 bridgehead atoms. The van der Waals surface area contributed by atoms with Gasteiger partial charge in [0, 0.05) is 0 Å². The third-order valence-electron chi connectivity index (χ3n) is 3.53. The van der Waals surface area contributed by atoms with E-state index in [-0.39, 0.29) is 0 Å². The first-order valence-corrected chi connectivity index (χ1v) is 14.8. The molecule has 0 aliphatic rings. The summed E-state index contributed by atoms with van der Waals surface area (Å²) in [6, 6.07) is 0. The van der Waals surface area contributed by atoms with Gasteiger partial charge in [-0.3, -0.25) is 0 Å². The van der Waals surface area contributed by atoms with Crippen molar-refractivity contribution in [2.75, 3.05) is 0 Å². The average Bonchev–Trinajstić information content (AvgIpc) is 2.31. The first-order chi connectivity index (χ1) is 7.74. The molecule has 0 aliphatic heterocycles. The molecule has 0 aromatic heterocycles. The van der Waals surface area contributed by atoms with Crippen LogP contribution in [-0.2, 0) is 0 Å². The van der Waals surface area contributed by atoms with Crippen LogP contribution in [0.2, 0.25) is 13.3 Å². The van der Waals surface area contributed by atoms with Crippen molar-refractivity contribution in [1.82, 2.24) is 0 Å². The zero-order valence-corrected chi connectivity index (χ0v) is 14.5. The van der Waals surface area contributed by atoms with Crippen molar-refractivity contribution in [3.8, 4) is 0 Å². The average molecular weight is 327 g/mol. The van der Waals surface area contributed by atoms with Crippen LogP contribution in [0, 0.1) is 0 Å². The van der Waals surface area contributed by atoms with Crippen LogP contribution in [0.4, 0.5) is 0 Å². The summed E-state index contributed by atoms with van der Waals surface area (Å²) in [5, 5.41) is 0. The van der Waals surface area contributed by atoms with E-state index in [1.165, 1.54) is 51.8 Å². The van der Waals surface area contributed by atoms with Crippen LogP contribution in [0.3, 0.4) is 0 Å². The molecule has 2 radical (unpaired) electrons. The van der Waals surface area contributed by atoms with Crippen LogP contribution in [-0.4, -0.2) is 26.2 Å². The van der Waals surface area contributed by atoms with Crippen LogP contribution in [0.25, 0.3) is 0 Å². The van der Waals surface area contributed by atoms with Crippen molar-refractivity contribution in [3.63, 3.8) is 0 Å². The molecule has 0 nitrogen and oxygen atoms in total. The van der Waals surface area contributed by atoms with Gasteiger partial charge >= 0.3 is 109 Å². The first kappa shape index (κ1) is 16.6. The van der Waals surface area contributed by atoms with E-state index in [4.69, 9.17) is 7.85 Å². The van der Waals surface area contributed by atoms with Crippen LogP contribution < -0.4 is 0 Å². The molecule has 0 saturated heterocycles. The Labute approximate surface area is 109 Å². The third kappa shape index (κ3) is 7.03. The Bertz CT molecular complexity index is 156. The Kier molecular flexibility index (Phi) is 11.1. The second kappa shape index (κ2) is 10.7. The predicted octanol–water partition coefficient (Wildman–Crippen LogP) is 5.06. The van der Waals surface area contributed by atoms with Gasteiger partial charge in [-0.05, 0) is 0 Å². The fourth-order valence-electron chi connectivity index (χ4n) is 2.42. The van der Waals surface area contributed by atoms with Gasteiger partial charge in [0.1, 0.15) is 0 Å². The standard InChI is InChI=1S/3C4H9.C2H2B.Sn/c3*1-3-4-2;1-2-3;/h3*1,3-4H2,2H3;1-2H;. The van der Waals surface area contributed by atoms with Crippen LogP contribution in [0.15, 0.2) is 10.1 Å². The van der Waals surface area contributed by atoms with E-state index in [9.17, 15) is 0 Å². The van der Waals surface area contributed by atoms with Crippen molar-refractivity contribution < 1.29 is 0 Å². The molecule has 0 spiro atoms. The van der Waals surface area contributed by atoms with Gasteiger partial charge in [0.2, 0.25) is 0 Å². The number of rotatable bonds is 10. The molecule has 2 heteroatoms. The molecule has 0 heterocycles. The van der Waals surface area contributed by atoms with Crippen LogP contribution in [0.1, 0.15) is 59.3 Å². The van der Waals surface area contributed by atoms with Gasteiger partial charge < -0.3 is 0 Å². The maximum atomic E-state index is 5.70. The van der Waals surface area contributed by atoms with Gasteiger partial charge in [-0.1, -0.05) is 0 Å². The summed E-state index contributed by atoms with van der Waals surface area (Å²) >= 11 is -1.96. The summed E-state index contributed by atoms with van der Waals surface area (Å²) in [6.07, 6.45) is 8.30. The summed E-state index contributed by atoms with van der Waals surface area (Å²) < 4.78 is 7.08. The summed E-state index contributed by atoms with van der Waals surface area (Å²) in [5.74, 6) is 1.87. The molecule has 0 aliphatic carbocycles. The molecule has 0 atom stereocenters. The first-order valence-electron chi connectivity index (χ1n) is 7.14. The zero-order chi connectivity index (χ0) is 12.3. The van der Waals surface area contributed by atoms with Crippen molar-refractivity contribution >= 4 is 26.2 Å². The van der Waals surface area contributed by atoms with Crippen molar-refractivity contribution in [2.24, 2.45) is 0 Å². The molecule has 0 amide bonds. The van der Waals surface area contributed by atoms with Gasteiger partial charge in [0.15, 0.2) is 0 Å². The van der Waals surface area contributed by atoms with Crippen LogP contribution >= 0.6 is 0 Å². The van der Waals surface area contributed by atoms with Gasteiger partial charge in [0.05, 0.1) is 0 Å². The second-order valence-corrected chi connectivity index (χ2v) is 18.0. The topological polar surface area (TPSA) is 0 Å². The minimum absolute atomic E-state index is 1.34. The second-order valence-electron chi connectivity index (χ2n) is 5.03. The Morgan fingerprint density at radius 3 is 1.44 bits per heavy atom.